The Hall–Kier alpha value is -3.66. The Morgan fingerprint density at radius 3 is 1.95 bits per heavy atom. The first kappa shape index (κ1) is 26.4. The molecule has 0 saturated heterocycles. The predicted molar refractivity (Wildman–Crippen MR) is 144 cm³/mol. The number of rotatable bonds is 6. The van der Waals surface area contributed by atoms with Gasteiger partial charge in [0, 0.05) is 0 Å². The zero-order chi connectivity index (χ0) is 26.9. The van der Waals surface area contributed by atoms with Crippen LogP contribution in [0.4, 0.5) is 24.5 Å². The van der Waals surface area contributed by atoms with Gasteiger partial charge in [0.25, 0.3) is 0 Å². The number of alkyl halides is 3. The molecule has 0 saturated carbocycles. The van der Waals surface area contributed by atoms with Crippen LogP contribution in [0, 0.1) is 34.6 Å². The van der Waals surface area contributed by atoms with Crippen molar-refractivity contribution in [1.29, 1.82) is 0 Å². The van der Waals surface area contributed by atoms with Crippen LogP contribution in [0.5, 0.6) is 0 Å². The van der Waals surface area contributed by atoms with Gasteiger partial charge in [0.2, 0.25) is 0 Å². The van der Waals surface area contributed by atoms with E-state index < -0.39 is 11.7 Å². The van der Waals surface area contributed by atoms with Crippen LogP contribution in [-0.2, 0) is 19.3 Å². The van der Waals surface area contributed by atoms with Crippen LogP contribution in [0.2, 0.25) is 0 Å². The van der Waals surface area contributed by atoms with Gasteiger partial charge >= 0.3 is 6.18 Å². The van der Waals surface area contributed by atoms with Gasteiger partial charge in [0.1, 0.15) is 0 Å². The lowest BCUT2D eigenvalue weighted by Crippen LogP contribution is -2.21. The van der Waals surface area contributed by atoms with E-state index in [2.05, 4.69) is 39.9 Å². The molecule has 2 aromatic carbocycles. The summed E-state index contributed by atoms with van der Waals surface area (Å²) < 4.78 is 42.9. The van der Waals surface area contributed by atoms with Crippen LogP contribution in [0.15, 0.2) is 48.5 Å². The maximum atomic E-state index is 13.1. The highest BCUT2D eigenvalue weighted by Crippen LogP contribution is 2.30. The van der Waals surface area contributed by atoms with Crippen molar-refractivity contribution in [1.82, 2.24) is 19.6 Å². The molecule has 4 aromatic rings. The van der Waals surface area contributed by atoms with Gasteiger partial charge in [-0.05, 0) is 75.7 Å². The third-order valence-corrected chi connectivity index (χ3v) is 6.61. The predicted octanol–water partition coefficient (Wildman–Crippen LogP) is 6.55. The average Bonchev–Trinajstić information content (AvgIpc) is 3.24. The summed E-state index contributed by atoms with van der Waals surface area (Å²) in [6, 6.07) is 13.5. The maximum absolute atomic E-state index is 13.1. The number of nitrogens with one attached hydrogen (secondary N) is 2. The minimum absolute atomic E-state index is 0.211. The van der Waals surface area contributed by atoms with E-state index in [4.69, 9.17) is 12.2 Å². The molecule has 4 rings (SSSR count). The molecule has 2 N–H and O–H groups in total. The van der Waals surface area contributed by atoms with Crippen molar-refractivity contribution in [2.75, 3.05) is 10.6 Å². The summed E-state index contributed by atoms with van der Waals surface area (Å²) in [5.74, 6) is 0. The summed E-state index contributed by atoms with van der Waals surface area (Å²) in [5.41, 5.74) is 7.02. The van der Waals surface area contributed by atoms with Gasteiger partial charge < -0.3 is 10.6 Å². The Balaban J connectivity index is 1.48. The maximum Gasteiger partial charge on any atom is 0.416 e. The highest BCUT2D eigenvalue weighted by atomic mass is 32.1. The van der Waals surface area contributed by atoms with Crippen LogP contribution in [-0.4, -0.2) is 24.7 Å². The first-order chi connectivity index (χ1) is 17.4. The number of benzene rings is 2. The van der Waals surface area contributed by atoms with Crippen molar-refractivity contribution in [2.24, 2.45) is 0 Å². The van der Waals surface area contributed by atoms with Crippen molar-refractivity contribution in [3.05, 3.63) is 93.6 Å². The van der Waals surface area contributed by atoms with E-state index in [1.165, 1.54) is 17.2 Å². The molecular weight excluding hydrogens is 497 g/mol. The molecule has 0 atom stereocenters. The molecule has 194 valence electrons. The number of hydrogen-bond donors (Lipinski definition) is 2. The van der Waals surface area contributed by atoms with Crippen LogP contribution >= 0.6 is 12.2 Å². The molecule has 0 spiro atoms. The smallest absolute Gasteiger partial charge is 0.329 e. The summed E-state index contributed by atoms with van der Waals surface area (Å²) >= 11 is 5.59. The van der Waals surface area contributed by atoms with E-state index in [9.17, 15) is 13.2 Å². The van der Waals surface area contributed by atoms with Crippen molar-refractivity contribution in [2.45, 2.75) is 53.9 Å². The highest BCUT2D eigenvalue weighted by molar-refractivity contribution is 7.80. The SMILES string of the molecule is Cc1ccccc1Cn1nc(C)c(NC(=S)Nc2c(C)nn(Cc3cccc(C(F)(F)F)c3)c2C)c1C. The fourth-order valence-corrected chi connectivity index (χ4v) is 4.49. The number of aromatic nitrogens is 4. The second kappa shape index (κ2) is 10.4. The monoisotopic (exact) mass is 526 g/mol. The minimum atomic E-state index is -4.39. The molecule has 0 aliphatic carbocycles. The molecule has 37 heavy (non-hydrogen) atoms. The van der Waals surface area contributed by atoms with Crippen LogP contribution in [0.25, 0.3) is 0 Å². The zero-order valence-electron chi connectivity index (χ0n) is 21.4. The average molecular weight is 527 g/mol. The number of halogens is 3. The Bertz CT molecular complexity index is 1450. The fraction of sp³-hybridized carbons (Fsp3) is 0.296. The van der Waals surface area contributed by atoms with E-state index in [-0.39, 0.29) is 6.54 Å². The second-order valence-electron chi connectivity index (χ2n) is 9.11. The molecule has 2 aromatic heterocycles. The van der Waals surface area contributed by atoms with Gasteiger partial charge in [-0.25, -0.2) is 0 Å². The van der Waals surface area contributed by atoms with Gasteiger partial charge in [-0.3, -0.25) is 9.36 Å². The number of aryl methyl sites for hydroxylation is 3. The third kappa shape index (κ3) is 5.85. The Morgan fingerprint density at radius 1 is 0.811 bits per heavy atom. The summed E-state index contributed by atoms with van der Waals surface area (Å²) in [7, 11) is 0. The topological polar surface area (TPSA) is 59.7 Å². The Labute approximate surface area is 219 Å². The number of anilines is 2. The molecular formula is C27H29F3N6S. The molecule has 0 unspecified atom stereocenters. The molecule has 0 bridgehead atoms. The quantitative estimate of drug-likeness (QED) is 0.279. The van der Waals surface area contributed by atoms with Crippen molar-refractivity contribution >= 4 is 28.7 Å². The molecule has 0 amide bonds. The lowest BCUT2D eigenvalue weighted by atomic mass is 10.1. The van der Waals surface area contributed by atoms with E-state index in [1.54, 1.807) is 10.7 Å². The van der Waals surface area contributed by atoms with E-state index >= 15 is 0 Å². The molecule has 0 aliphatic heterocycles. The molecule has 10 heteroatoms. The van der Waals surface area contributed by atoms with Crippen LogP contribution in [0.3, 0.4) is 0 Å². The van der Waals surface area contributed by atoms with Crippen molar-refractivity contribution < 1.29 is 13.2 Å². The number of thiocarbonyl (C=S) groups is 1. The highest BCUT2D eigenvalue weighted by Gasteiger charge is 2.30. The third-order valence-electron chi connectivity index (χ3n) is 6.41. The lowest BCUT2D eigenvalue weighted by molar-refractivity contribution is -0.137. The second-order valence-corrected chi connectivity index (χ2v) is 9.52. The Kier molecular flexibility index (Phi) is 7.40. The summed E-state index contributed by atoms with van der Waals surface area (Å²) in [4.78, 5) is 0. The minimum Gasteiger partial charge on any atom is -0.329 e. The first-order valence-electron chi connectivity index (χ1n) is 11.8. The lowest BCUT2D eigenvalue weighted by Gasteiger charge is -2.13. The van der Waals surface area contributed by atoms with Crippen LogP contribution in [0.1, 0.15) is 45.0 Å². The van der Waals surface area contributed by atoms with Gasteiger partial charge in [-0.1, -0.05) is 36.4 Å². The standard InChI is InChI=1S/C27H29F3N6S/c1-16-9-6-7-11-22(16)15-36-20(5)25(18(3)34-36)32-26(37)31-24-17(2)33-35(19(24)4)14-21-10-8-12-23(13-21)27(28,29)30/h6-13H,14-15H2,1-5H3,(H2,31,32,37). The normalized spacial score (nSPS) is 11.6. The number of nitrogens with zero attached hydrogens (tertiary/aromatic N) is 4. The molecule has 0 fully saturated rings. The van der Waals surface area contributed by atoms with Crippen molar-refractivity contribution in [3.63, 3.8) is 0 Å². The van der Waals surface area contributed by atoms with Crippen LogP contribution < -0.4 is 10.6 Å². The van der Waals surface area contributed by atoms with E-state index in [0.29, 0.717) is 28.6 Å². The van der Waals surface area contributed by atoms with Gasteiger partial charge in [0.15, 0.2) is 5.11 Å². The Morgan fingerprint density at radius 2 is 1.38 bits per heavy atom. The summed E-state index contributed by atoms with van der Waals surface area (Å²) in [6.45, 7) is 10.6. The van der Waals surface area contributed by atoms with Gasteiger partial charge in [-0.15, -0.1) is 0 Å². The largest absolute Gasteiger partial charge is 0.416 e. The molecule has 2 heterocycles. The molecule has 6 nitrogen and oxygen atoms in total. The number of hydrogen-bond acceptors (Lipinski definition) is 3. The summed E-state index contributed by atoms with van der Waals surface area (Å²) in [5, 5.41) is 16.1. The fourth-order valence-electron chi connectivity index (χ4n) is 4.29. The van der Waals surface area contributed by atoms with Gasteiger partial charge in [0.05, 0.1) is 52.8 Å². The molecule has 0 radical (unpaired) electrons. The zero-order valence-corrected chi connectivity index (χ0v) is 22.2. The van der Waals surface area contributed by atoms with E-state index in [0.717, 1.165) is 34.9 Å². The van der Waals surface area contributed by atoms with Crippen molar-refractivity contribution in [3.8, 4) is 0 Å². The van der Waals surface area contributed by atoms with Gasteiger partial charge in [-0.2, -0.15) is 23.4 Å². The molecule has 0 aliphatic rings. The van der Waals surface area contributed by atoms with E-state index in [1.807, 2.05) is 44.5 Å². The summed E-state index contributed by atoms with van der Waals surface area (Å²) in [6.07, 6.45) is -4.39. The first-order valence-corrected chi connectivity index (χ1v) is 12.2.